The number of hydrogen-bond acceptors (Lipinski definition) is 6. The largest absolute Gasteiger partial charge is 0.467 e. The first-order valence-corrected chi connectivity index (χ1v) is 9.58. The summed E-state index contributed by atoms with van der Waals surface area (Å²) in [4.78, 5) is 48.4. The van der Waals surface area contributed by atoms with Crippen molar-refractivity contribution in [2.24, 2.45) is 0 Å². The summed E-state index contributed by atoms with van der Waals surface area (Å²) in [7, 11) is 1.27. The Hall–Kier alpha value is -3.52. The van der Waals surface area contributed by atoms with Crippen LogP contribution in [0.25, 0.3) is 0 Å². The van der Waals surface area contributed by atoms with E-state index in [2.05, 4.69) is 16.0 Å². The number of nitrogens with one attached hydrogen (secondary N) is 3. The molecule has 1 saturated heterocycles. The summed E-state index contributed by atoms with van der Waals surface area (Å²) in [6, 6.07) is 14.3. The minimum absolute atomic E-state index is 0.254. The predicted molar refractivity (Wildman–Crippen MR) is 108 cm³/mol. The number of benzene rings is 2. The van der Waals surface area contributed by atoms with Gasteiger partial charge in [0.15, 0.2) is 6.04 Å². The van der Waals surface area contributed by atoms with Crippen molar-refractivity contribution in [2.45, 2.75) is 31.5 Å². The van der Waals surface area contributed by atoms with Crippen molar-refractivity contribution in [1.82, 2.24) is 16.0 Å². The topological polar surface area (TPSA) is 114 Å². The normalized spacial score (nSPS) is 17.0. The number of rotatable bonds is 7. The number of methoxy groups -OCH3 is 1. The fourth-order valence-electron chi connectivity index (χ4n) is 3.27. The number of piperidine rings is 1. The monoisotopic (exact) mass is 409 g/mol. The van der Waals surface area contributed by atoms with Gasteiger partial charge in [-0.25, -0.2) is 4.79 Å². The van der Waals surface area contributed by atoms with E-state index in [0.717, 1.165) is 0 Å². The van der Waals surface area contributed by atoms with Crippen molar-refractivity contribution >= 4 is 23.7 Å². The minimum atomic E-state index is -0.945. The Balaban J connectivity index is 1.73. The van der Waals surface area contributed by atoms with E-state index in [0.29, 0.717) is 23.1 Å². The summed E-state index contributed by atoms with van der Waals surface area (Å²) in [5.74, 6) is -1.67. The Morgan fingerprint density at radius 3 is 2.50 bits per heavy atom. The van der Waals surface area contributed by atoms with E-state index in [-0.39, 0.29) is 24.8 Å². The zero-order valence-corrected chi connectivity index (χ0v) is 16.5. The lowest BCUT2D eigenvalue weighted by atomic mass is 10.0. The van der Waals surface area contributed by atoms with Crippen molar-refractivity contribution in [3.8, 4) is 0 Å². The van der Waals surface area contributed by atoms with Gasteiger partial charge in [-0.3, -0.25) is 19.7 Å². The third-order valence-corrected chi connectivity index (χ3v) is 4.89. The third-order valence-electron chi connectivity index (χ3n) is 4.89. The Bertz CT molecular complexity index is 945. The molecule has 0 radical (unpaired) electrons. The molecular formula is C22H23N3O5. The molecule has 8 heteroatoms. The summed E-state index contributed by atoms with van der Waals surface area (Å²) in [5.41, 5.74) is 1.65. The summed E-state index contributed by atoms with van der Waals surface area (Å²) in [5, 5.41) is 8.11. The van der Waals surface area contributed by atoms with Crippen LogP contribution in [0.2, 0.25) is 0 Å². The Kier molecular flexibility index (Phi) is 6.92. The van der Waals surface area contributed by atoms with Gasteiger partial charge in [0.2, 0.25) is 11.8 Å². The molecule has 30 heavy (non-hydrogen) atoms. The van der Waals surface area contributed by atoms with Gasteiger partial charge in [-0.05, 0) is 23.6 Å². The van der Waals surface area contributed by atoms with E-state index in [9.17, 15) is 19.2 Å². The predicted octanol–water partition coefficient (Wildman–Crippen LogP) is 1.23. The van der Waals surface area contributed by atoms with Crippen LogP contribution in [0.4, 0.5) is 0 Å². The summed E-state index contributed by atoms with van der Waals surface area (Å²) >= 11 is 0. The lowest BCUT2D eigenvalue weighted by molar-refractivity contribution is -0.143. The van der Waals surface area contributed by atoms with E-state index in [1.54, 1.807) is 48.5 Å². The maximum absolute atomic E-state index is 13.0. The van der Waals surface area contributed by atoms with Gasteiger partial charge in [0.1, 0.15) is 0 Å². The molecule has 3 amide bonds. The lowest BCUT2D eigenvalue weighted by Crippen LogP contribution is -2.50. The molecule has 3 N–H and O–H groups in total. The standard InChI is InChI=1S/C22H23N3O5/c1-30-22(29)19(14-7-3-2-4-8-14)25-20(27)16-10-6-5-9-15(16)13-23-17-11-12-18(26)24-21(17)28/h2-10,17,19,23H,11-13H2,1H3,(H,25,27)(H,24,26,28)/t17-,19+/m0/s1. The number of esters is 1. The van der Waals surface area contributed by atoms with Crippen LogP contribution in [0.15, 0.2) is 54.6 Å². The third kappa shape index (κ3) is 5.09. The molecule has 0 spiro atoms. The van der Waals surface area contributed by atoms with E-state index >= 15 is 0 Å². The highest BCUT2D eigenvalue weighted by Crippen LogP contribution is 2.17. The van der Waals surface area contributed by atoms with Crippen molar-refractivity contribution in [2.75, 3.05) is 7.11 Å². The van der Waals surface area contributed by atoms with Crippen LogP contribution in [0, 0.1) is 0 Å². The Morgan fingerprint density at radius 2 is 1.80 bits per heavy atom. The van der Waals surface area contributed by atoms with Crippen LogP contribution >= 0.6 is 0 Å². The molecule has 2 atom stereocenters. The molecule has 0 unspecified atom stereocenters. The average molecular weight is 409 g/mol. The van der Waals surface area contributed by atoms with Crippen LogP contribution in [-0.2, 0) is 25.7 Å². The molecule has 8 nitrogen and oxygen atoms in total. The molecular weight excluding hydrogens is 386 g/mol. The highest BCUT2D eigenvalue weighted by atomic mass is 16.5. The SMILES string of the molecule is COC(=O)[C@H](NC(=O)c1ccccc1CN[C@H]1CCC(=O)NC1=O)c1ccccc1. The molecule has 2 aromatic rings. The molecule has 0 saturated carbocycles. The van der Waals surface area contributed by atoms with Crippen LogP contribution in [-0.4, -0.2) is 36.8 Å². The Labute approximate surface area is 174 Å². The van der Waals surface area contributed by atoms with Gasteiger partial charge in [-0.15, -0.1) is 0 Å². The van der Waals surface area contributed by atoms with E-state index < -0.39 is 24.0 Å². The van der Waals surface area contributed by atoms with Gasteiger partial charge in [-0.2, -0.15) is 0 Å². The minimum Gasteiger partial charge on any atom is -0.467 e. The molecule has 0 aliphatic carbocycles. The molecule has 1 aliphatic rings. The van der Waals surface area contributed by atoms with E-state index in [1.807, 2.05) is 6.07 Å². The van der Waals surface area contributed by atoms with Crippen molar-refractivity contribution in [1.29, 1.82) is 0 Å². The van der Waals surface area contributed by atoms with E-state index in [1.165, 1.54) is 7.11 Å². The maximum Gasteiger partial charge on any atom is 0.333 e. The quantitative estimate of drug-likeness (QED) is 0.468. The number of hydrogen-bond donors (Lipinski definition) is 3. The number of carbonyl (C=O) groups is 4. The zero-order chi connectivity index (χ0) is 21.5. The average Bonchev–Trinajstić information content (AvgIpc) is 2.77. The second kappa shape index (κ2) is 9.80. The number of amides is 3. The molecule has 1 fully saturated rings. The van der Waals surface area contributed by atoms with E-state index in [4.69, 9.17) is 4.74 Å². The smallest absolute Gasteiger partial charge is 0.333 e. The van der Waals surface area contributed by atoms with Crippen molar-refractivity contribution in [3.05, 3.63) is 71.3 Å². The molecule has 0 aromatic heterocycles. The number of ether oxygens (including phenoxy) is 1. The van der Waals surface area contributed by atoms with Gasteiger partial charge < -0.3 is 15.4 Å². The van der Waals surface area contributed by atoms with Crippen LogP contribution in [0.1, 0.15) is 40.4 Å². The van der Waals surface area contributed by atoms with Gasteiger partial charge in [0.25, 0.3) is 5.91 Å². The van der Waals surface area contributed by atoms with Gasteiger partial charge in [-0.1, -0.05) is 48.5 Å². The summed E-state index contributed by atoms with van der Waals surface area (Å²) in [6.45, 7) is 0.254. The lowest BCUT2D eigenvalue weighted by Gasteiger charge is -2.22. The molecule has 1 heterocycles. The molecule has 3 rings (SSSR count). The maximum atomic E-state index is 13.0. The Morgan fingerprint density at radius 1 is 1.10 bits per heavy atom. The van der Waals surface area contributed by atoms with Crippen molar-refractivity contribution in [3.63, 3.8) is 0 Å². The summed E-state index contributed by atoms with van der Waals surface area (Å²) in [6.07, 6.45) is 0.668. The zero-order valence-electron chi connectivity index (χ0n) is 16.5. The second-order valence-corrected chi connectivity index (χ2v) is 6.88. The van der Waals surface area contributed by atoms with Crippen LogP contribution < -0.4 is 16.0 Å². The number of carbonyl (C=O) groups excluding carboxylic acids is 4. The molecule has 156 valence electrons. The number of imide groups is 1. The first kappa shape index (κ1) is 21.2. The highest BCUT2D eigenvalue weighted by molar-refractivity contribution is 6.00. The van der Waals surface area contributed by atoms with Crippen molar-refractivity contribution < 1.29 is 23.9 Å². The molecule has 2 aromatic carbocycles. The molecule has 1 aliphatic heterocycles. The van der Waals surface area contributed by atoms with Gasteiger partial charge >= 0.3 is 5.97 Å². The fraction of sp³-hybridized carbons (Fsp3) is 0.273. The van der Waals surface area contributed by atoms with Gasteiger partial charge in [0, 0.05) is 18.5 Å². The van der Waals surface area contributed by atoms with Gasteiger partial charge in [0.05, 0.1) is 13.2 Å². The van der Waals surface area contributed by atoms with Crippen LogP contribution in [0.3, 0.4) is 0 Å². The van der Waals surface area contributed by atoms with Crippen LogP contribution in [0.5, 0.6) is 0 Å². The second-order valence-electron chi connectivity index (χ2n) is 6.88. The molecule has 0 bridgehead atoms. The first-order valence-electron chi connectivity index (χ1n) is 9.58. The fourth-order valence-corrected chi connectivity index (χ4v) is 3.27. The highest BCUT2D eigenvalue weighted by Gasteiger charge is 2.27. The summed E-state index contributed by atoms with van der Waals surface area (Å²) < 4.78 is 4.84. The first-order chi connectivity index (χ1) is 14.5.